The number of hydrogen-bond donors (Lipinski definition) is 2. The van der Waals surface area contributed by atoms with Gasteiger partial charge in [0.05, 0.1) is 5.75 Å². The van der Waals surface area contributed by atoms with Crippen molar-refractivity contribution in [1.29, 1.82) is 0 Å². The van der Waals surface area contributed by atoms with Crippen LogP contribution in [-0.2, 0) is 9.59 Å². The molecule has 2 rings (SSSR count). The van der Waals surface area contributed by atoms with Gasteiger partial charge >= 0.3 is 0 Å². The van der Waals surface area contributed by atoms with E-state index in [0.29, 0.717) is 27.7 Å². The van der Waals surface area contributed by atoms with Crippen molar-refractivity contribution in [2.24, 2.45) is 0 Å². The summed E-state index contributed by atoms with van der Waals surface area (Å²) < 4.78 is 0.698. The molecule has 0 saturated heterocycles. The summed E-state index contributed by atoms with van der Waals surface area (Å²) in [5.41, 5.74) is 0. The highest BCUT2D eigenvalue weighted by molar-refractivity contribution is 8.01. The number of rotatable bonds is 7. The highest BCUT2D eigenvalue weighted by Crippen LogP contribution is 2.25. The average molecular weight is 328 g/mol. The lowest BCUT2D eigenvalue weighted by atomic mass is 10.2. The second kappa shape index (κ2) is 8.33. The molecule has 1 aliphatic carbocycles. The van der Waals surface area contributed by atoms with Gasteiger partial charge in [-0.1, -0.05) is 42.9 Å². The number of anilines is 1. The first kappa shape index (κ1) is 16.2. The van der Waals surface area contributed by atoms with Crippen molar-refractivity contribution in [3.63, 3.8) is 0 Å². The monoisotopic (exact) mass is 328 g/mol. The second-order valence-corrected chi connectivity index (χ2v) is 7.21. The first-order chi connectivity index (χ1) is 10.2. The van der Waals surface area contributed by atoms with Gasteiger partial charge in [-0.3, -0.25) is 9.59 Å². The smallest absolute Gasteiger partial charge is 0.230 e. The van der Waals surface area contributed by atoms with Crippen LogP contribution >= 0.6 is 23.1 Å². The van der Waals surface area contributed by atoms with Crippen LogP contribution in [0, 0.1) is 0 Å². The fourth-order valence-electron chi connectivity index (χ4n) is 2.19. The van der Waals surface area contributed by atoms with E-state index < -0.39 is 0 Å². The van der Waals surface area contributed by atoms with E-state index in [2.05, 4.69) is 20.8 Å². The summed E-state index contributed by atoms with van der Waals surface area (Å²) in [6, 6.07) is 0.344. The highest BCUT2D eigenvalue weighted by atomic mass is 32.2. The first-order valence-electron chi connectivity index (χ1n) is 7.23. The van der Waals surface area contributed by atoms with Gasteiger partial charge in [-0.25, -0.2) is 0 Å². The number of nitrogens with one attached hydrogen (secondary N) is 2. The Morgan fingerprint density at radius 2 is 2.05 bits per heavy atom. The Kier molecular flexibility index (Phi) is 6.44. The molecule has 0 atom stereocenters. The second-order valence-electron chi connectivity index (χ2n) is 5.01. The lowest BCUT2D eigenvalue weighted by Crippen LogP contribution is -2.33. The zero-order valence-corrected chi connectivity index (χ0v) is 13.7. The minimum Gasteiger partial charge on any atom is -0.353 e. The lowest BCUT2D eigenvalue weighted by Gasteiger charge is -2.10. The zero-order chi connectivity index (χ0) is 15.1. The van der Waals surface area contributed by atoms with Gasteiger partial charge in [0.15, 0.2) is 4.34 Å². The third kappa shape index (κ3) is 5.62. The predicted molar refractivity (Wildman–Crippen MR) is 84.6 cm³/mol. The molecular weight excluding hydrogens is 308 g/mol. The quantitative estimate of drug-likeness (QED) is 0.593. The average Bonchev–Trinajstić information content (AvgIpc) is 3.08. The summed E-state index contributed by atoms with van der Waals surface area (Å²) in [7, 11) is 0. The van der Waals surface area contributed by atoms with E-state index >= 15 is 0 Å². The van der Waals surface area contributed by atoms with Crippen molar-refractivity contribution in [2.75, 3.05) is 11.1 Å². The maximum atomic E-state index is 11.8. The molecule has 8 heteroatoms. The largest absolute Gasteiger partial charge is 0.353 e. The number of carbonyl (C=O) groups is 2. The summed E-state index contributed by atoms with van der Waals surface area (Å²) in [5, 5.41) is 14.1. The van der Waals surface area contributed by atoms with E-state index in [9.17, 15) is 9.59 Å². The summed E-state index contributed by atoms with van der Waals surface area (Å²) in [6.45, 7) is 1.95. The lowest BCUT2D eigenvalue weighted by molar-refractivity contribution is -0.119. The molecule has 0 aromatic carbocycles. The van der Waals surface area contributed by atoms with E-state index in [1.807, 2.05) is 6.92 Å². The molecule has 0 aliphatic heterocycles. The molecule has 1 aliphatic rings. The van der Waals surface area contributed by atoms with Crippen LogP contribution in [0.2, 0.25) is 0 Å². The van der Waals surface area contributed by atoms with Crippen LogP contribution in [0.15, 0.2) is 4.34 Å². The van der Waals surface area contributed by atoms with E-state index in [4.69, 9.17) is 0 Å². The topological polar surface area (TPSA) is 84.0 Å². The van der Waals surface area contributed by atoms with Gasteiger partial charge in [0.25, 0.3) is 0 Å². The van der Waals surface area contributed by atoms with Crippen LogP contribution in [0.4, 0.5) is 5.13 Å². The van der Waals surface area contributed by atoms with Crippen molar-refractivity contribution in [3.05, 3.63) is 0 Å². The number of hydrogen-bond acceptors (Lipinski definition) is 6. The Balaban J connectivity index is 1.71. The number of aromatic nitrogens is 2. The molecule has 1 fully saturated rings. The molecule has 1 aromatic heterocycles. The minimum absolute atomic E-state index is 0.0404. The maximum Gasteiger partial charge on any atom is 0.230 e. The van der Waals surface area contributed by atoms with Crippen LogP contribution in [0.5, 0.6) is 0 Å². The van der Waals surface area contributed by atoms with E-state index in [1.54, 1.807) is 0 Å². The number of amides is 2. The summed E-state index contributed by atoms with van der Waals surface area (Å²) in [4.78, 5) is 23.2. The van der Waals surface area contributed by atoms with Crippen molar-refractivity contribution in [1.82, 2.24) is 15.5 Å². The van der Waals surface area contributed by atoms with Crippen molar-refractivity contribution in [3.8, 4) is 0 Å². The van der Waals surface area contributed by atoms with Crippen molar-refractivity contribution in [2.45, 2.75) is 55.8 Å². The van der Waals surface area contributed by atoms with Gasteiger partial charge in [-0.2, -0.15) is 0 Å². The highest BCUT2D eigenvalue weighted by Gasteiger charge is 2.17. The van der Waals surface area contributed by atoms with Gasteiger partial charge < -0.3 is 10.6 Å². The Morgan fingerprint density at radius 1 is 1.29 bits per heavy atom. The third-order valence-corrected chi connectivity index (χ3v) is 5.15. The fourth-order valence-corrected chi connectivity index (χ4v) is 3.77. The van der Waals surface area contributed by atoms with Crippen LogP contribution < -0.4 is 10.6 Å². The standard InChI is InChI=1S/C13H20N4O2S2/c1-2-5-10(18)15-12-16-17-13(21-12)20-8-11(19)14-9-6-3-4-7-9/h9H,2-8H2,1H3,(H,14,19)(H,15,16,18). The molecule has 21 heavy (non-hydrogen) atoms. The molecule has 116 valence electrons. The summed E-state index contributed by atoms with van der Waals surface area (Å²) >= 11 is 2.66. The van der Waals surface area contributed by atoms with E-state index in [-0.39, 0.29) is 11.8 Å². The van der Waals surface area contributed by atoms with Crippen LogP contribution in [0.3, 0.4) is 0 Å². The maximum absolute atomic E-state index is 11.8. The normalized spacial score (nSPS) is 15.1. The van der Waals surface area contributed by atoms with Crippen LogP contribution in [-0.4, -0.2) is 33.8 Å². The van der Waals surface area contributed by atoms with Crippen molar-refractivity contribution < 1.29 is 9.59 Å². The van der Waals surface area contributed by atoms with Gasteiger partial charge in [0, 0.05) is 12.5 Å². The van der Waals surface area contributed by atoms with Crippen LogP contribution in [0.25, 0.3) is 0 Å². The molecule has 0 radical (unpaired) electrons. The summed E-state index contributed by atoms with van der Waals surface area (Å²) in [5.74, 6) is 0.330. The molecule has 6 nitrogen and oxygen atoms in total. The zero-order valence-electron chi connectivity index (χ0n) is 12.1. The van der Waals surface area contributed by atoms with Gasteiger partial charge in [0.2, 0.25) is 16.9 Å². The number of thioether (sulfide) groups is 1. The molecule has 0 bridgehead atoms. The predicted octanol–water partition coefficient (Wildman–Crippen LogP) is 2.43. The molecular formula is C13H20N4O2S2. The Morgan fingerprint density at radius 3 is 2.76 bits per heavy atom. The number of nitrogens with zero attached hydrogens (tertiary/aromatic N) is 2. The van der Waals surface area contributed by atoms with E-state index in [0.717, 1.165) is 19.3 Å². The Bertz CT molecular complexity index is 486. The Labute approximate surface area is 132 Å². The van der Waals surface area contributed by atoms with E-state index in [1.165, 1.54) is 35.9 Å². The van der Waals surface area contributed by atoms with Gasteiger partial charge in [0.1, 0.15) is 0 Å². The van der Waals surface area contributed by atoms with Crippen LogP contribution in [0.1, 0.15) is 45.4 Å². The molecule has 2 amide bonds. The third-order valence-electron chi connectivity index (χ3n) is 3.18. The van der Waals surface area contributed by atoms with Gasteiger partial charge in [-0.05, 0) is 19.3 Å². The SMILES string of the molecule is CCCC(=O)Nc1nnc(SCC(=O)NC2CCCC2)s1. The fraction of sp³-hybridized carbons (Fsp3) is 0.692. The molecule has 0 spiro atoms. The summed E-state index contributed by atoms with van der Waals surface area (Å²) in [6.07, 6.45) is 5.86. The minimum atomic E-state index is -0.0517. The molecule has 0 unspecified atom stereocenters. The van der Waals surface area contributed by atoms with Gasteiger partial charge in [-0.15, -0.1) is 10.2 Å². The number of carbonyl (C=O) groups excluding carboxylic acids is 2. The molecule has 1 saturated carbocycles. The van der Waals surface area contributed by atoms with Crippen molar-refractivity contribution >= 4 is 40.0 Å². The molecule has 2 N–H and O–H groups in total. The first-order valence-corrected chi connectivity index (χ1v) is 9.03. The molecule has 1 aromatic rings. The molecule has 1 heterocycles. The Hall–Kier alpha value is -1.15.